The smallest absolute Gasteiger partial charge is 0.184 e. The van der Waals surface area contributed by atoms with Gasteiger partial charge >= 0.3 is 0 Å². The molecule has 0 radical (unpaired) electrons. The Bertz CT molecular complexity index is 4330. The van der Waals surface area contributed by atoms with Crippen molar-refractivity contribution in [3.8, 4) is 91.1 Å². The molecule has 478 valence electrons. The van der Waals surface area contributed by atoms with Crippen LogP contribution in [0.3, 0.4) is 0 Å². The number of unbranched alkanes of at least 4 members (excludes halogenated alkanes) is 4. The van der Waals surface area contributed by atoms with Gasteiger partial charge in [0.05, 0.1) is 36.2 Å². The predicted octanol–water partition coefficient (Wildman–Crippen LogP) is 22.5. The van der Waals surface area contributed by atoms with Gasteiger partial charge in [-0.2, -0.15) is 0 Å². The highest BCUT2D eigenvalue weighted by Crippen LogP contribution is 2.40. The number of aryl methyl sites for hydroxylation is 1. The molecule has 4 aromatic heterocycles. The standard InChI is InChI=1S/C40H35N5.C39H45N5.C5H12/c1-5-23-40(3,4)34-22-21-33(30-17-11-12-18-31(30)34)38-43-37(32-20-19-26(2)28-15-9-10-16-29(28)32)44-39(45-38)36-25-41-35(24-42-36)27-13-7-6-8-14-27;1-7-9-24-38(3,4)31-20-16-29(17-21-31)35-42-36(30-18-22-32(23-19-30)39(5,6)25-10-8-2)44-37(43-35)34-27-40-33(26-41-34)28-14-12-11-13-15-28;1-3-5-4-2/h6-22,24-25H,5,23H2,1-4H3;11-23,26-27H,7-10,24-25H2,1-6H3;3-5H2,1-2H3. The Balaban J connectivity index is 0.000000192. The second-order valence-electron chi connectivity index (χ2n) is 26.7. The molecule has 0 N–H and O–H groups in total. The molecule has 0 atom stereocenters. The van der Waals surface area contributed by atoms with Crippen molar-refractivity contribution in [2.24, 2.45) is 0 Å². The third kappa shape index (κ3) is 16.1. The zero-order valence-corrected chi connectivity index (χ0v) is 57.4. The minimum atomic E-state index is 0.0409. The quantitative estimate of drug-likeness (QED) is 0.0686. The number of hydrogen-bond donors (Lipinski definition) is 0. The molecule has 0 fully saturated rings. The van der Waals surface area contributed by atoms with E-state index in [9.17, 15) is 0 Å². The minimum Gasteiger partial charge on any atom is -0.252 e. The number of aromatic nitrogens is 10. The summed E-state index contributed by atoms with van der Waals surface area (Å²) in [6.45, 7) is 27.2. The molecule has 10 heteroatoms. The van der Waals surface area contributed by atoms with E-state index in [1.54, 1.807) is 24.8 Å². The average molecular weight is 1240 g/mol. The second-order valence-corrected chi connectivity index (χ2v) is 26.7. The molecule has 0 saturated carbocycles. The maximum absolute atomic E-state index is 5.15. The highest BCUT2D eigenvalue weighted by atomic mass is 15.1. The molecule has 10 nitrogen and oxygen atoms in total. The molecular weight excluding hydrogens is 1150 g/mol. The van der Waals surface area contributed by atoms with Crippen molar-refractivity contribution in [2.75, 3.05) is 0 Å². The molecule has 0 bridgehead atoms. The lowest BCUT2D eigenvalue weighted by atomic mass is 9.78. The van der Waals surface area contributed by atoms with Gasteiger partial charge in [0.2, 0.25) is 0 Å². The molecule has 12 aromatic rings. The summed E-state index contributed by atoms with van der Waals surface area (Å²) in [6.07, 6.45) is 20.5. The van der Waals surface area contributed by atoms with E-state index in [1.807, 2.05) is 60.7 Å². The van der Waals surface area contributed by atoms with E-state index in [0.717, 1.165) is 81.2 Å². The van der Waals surface area contributed by atoms with Crippen molar-refractivity contribution in [2.45, 2.75) is 170 Å². The van der Waals surface area contributed by atoms with Crippen LogP contribution in [0.5, 0.6) is 0 Å². The van der Waals surface area contributed by atoms with Crippen LogP contribution >= 0.6 is 0 Å². The Kier molecular flexibility index (Phi) is 22.2. The Labute approximate surface area is 558 Å². The summed E-state index contributed by atoms with van der Waals surface area (Å²) in [6, 6.07) is 63.2. The van der Waals surface area contributed by atoms with E-state index in [-0.39, 0.29) is 16.2 Å². The SMILES string of the molecule is CCCC(C)(C)c1ccc(-c2nc(-c3cnc(-c4ccccc4)cn3)nc(-c3ccc(C)c4ccccc34)n2)c2ccccc12.CCCCC.CCCCC(C)(C)c1ccc(-c2nc(-c3ccc(C(C)(C)CCCC)cc3)nc(-c3cnc(-c4ccccc4)cn3)n2)cc1. The lowest BCUT2D eigenvalue weighted by Gasteiger charge is -2.27. The summed E-state index contributed by atoms with van der Waals surface area (Å²) in [5, 5.41) is 4.64. The van der Waals surface area contributed by atoms with E-state index in [2.05, 4.69) is 204 Å². The molecule has 0 aliphatic rings. The lowest BCUT2D eigenvalue weighted by molar-refractivity contribution is 0.458. The van der Waals surface area contributed by atoms with Crippen LogP contribution in [0.15, 0.2) is 207 Å². The summed E-state index contributed by atoms with van der Waals surface area (Å²) < 4.78 is 0. The van der Waals surface area contributed by atoms with Crippen LogP contribution in [0, 0.1) is 6.92 Å². The first kappa shape index (κ1) is 67.4. The minimum absolute atomic E-state index is 0.0409. The van der Waals surface area contributed by atoms with E-state index in [1.165, 1.54) is 78.0 Å². The lowest BCUT2D eigenvalue weighted by Crippen LogP contribution is -2.17. The first-order valence-corrected chi connectivity index (χ1v) is 34.1. The fourth-order valence-corrected chi connectivity index (χ4v) is 12.4. The van der Waals surface area contributed by atoms with Gasteiger partial charge in [-0.3, -0.25) is 9.97 Å². The average Bonchev–Trinajstić information content (AvgIpc) is 0.766. The van der Waals surface area contributed by atoms with Gasteiger partial charge in [0.1, 0.15) is 11.4 Å². The summed E-state index contributed by atoms with van der Waals surface area (Å²) in [5.41, 5.74) is 14.2. The van der Waals surface area contributed by atoms with Crippen molar-refractivity contribution in [3.63, 3.8) is 0 Å². The summed E-state index contributed by atoms with van der Waals surface area (Å²) in [5.74, 6) is 3.49. The molecule has 0 aliphatic heterocycles. The van der Waals surface area contributed by atoms with Crippen LogP contribution in [0.1, 0.15) is 169 Å². The van der Waals surface area contributed by atoms with E-state index in [0.29, 0.717) is 46.3 Å². The fraction of sp³-hybridized carbons (Fsp3) is 0.310. The maximum Gasteiger partial charge on any atom is 0.184 e. The van der Waals surface area contributed by atoms with Gasteiger partial charge in [-0.15, -0.1) is 0 Å². The van der Waals surface area contributed by atoms with Crippen LogP contribution in [-0.2, 0) is 16.2 Å². The first-order chi connectivity index (χ1) is 45.5. The van der Waals surface area contributed by atoms with Gasteiger partial charge in [-0.05, 0) is 86.2 Å². The Morgan fingerprint density at radius 3 is 1.05 bits per heavy atom. The van der Waals surface area contributed by atoms with Crippen LogP contribution < -0.4 is 0 Å². The molecule has 12 rings (SSSR count). The zero-order valence-electron chi connectivity index (χ0n) is 57.4. The van der Waals surface area contributed by atoms with Crippen LogP contribution in [0.25, 0.3) is 113 Å². The highest BCUT2D eigenvalue weighted by molar-refractivity contribution is 6.00. The molecule has 0 aliphatic carbocycles. The molecule has 0 amide bonds. The van der Waals surface area contributed by atoms with Crippen molar-refractivity contribution in [3.05, 3.63) is 229 Å². The normalized spacial score (nSPS) is 11.7. The van der Waals surface area contributed by atoms with Gasteiger partial charge in [0.15, 0.2) is 34.9 Å². The third-order valence-electron chi connectivity index (χ3n) is 18.2. The van der Waals surface area contributed by atoms with E-state index < -0.39 is 0 Å². The van der Waals surface area contributed by atoms with Gasteiger partial charge in [-0.25, -0.2) is 39.9 Å². The Morgan fingerprint density at radius 1 is 0.277 bits per heavy atom. The summed E-state index contributed by atoms with van der Waals surface area (Å²) in [4.78, 5) is 49.0. The van der Waals surface area contributed by atoms with E-state index in [4.69, 9.17) is 49.8 Å². The maximum atomic E-state index is 5.15. The molecular formula is C84H92N10. The Morgan fingerprint density at radius 2 is 0.638 bits per heavy atom. The van der Waals surface area contributed by atoms with Crippen molar-refractivity contribution >= 4 is 21.5 Å². The molecule has 0 spiro atoms. The molecule has 0 saturated heterocycles. The molecule has 4 heterocycles. The molecule has 8 aromatic carbocycles. The van der Waals surface area contributed by atoms with Crippen molar-refractivity contribution in [1.29, 1.82) is 0 Å². The van der Waals surface area contributed by atoms with E-state index >= 15 is 0 Å². The van der Waals surface area contributed by atoms with Crippen LogP contribution in [0.2, 0.25) is 0 Å². The van der Waals surface area contributed by atoms with Gasteiger partial charge in [0, 0.05) is 33.4 Å². The molecule has 94 heavy (non-hydrogen) atoms. The number of nitrogens with zero attached hydrogens (tertiary/aromatic N) is 10. The monoisotopic (exact) mass is 1240 g/mol. The molecule has 0 unspecified atom stereocenters. The second kappa shape index (κ2) is 30.9. The topological polar surface area (TPSA) is 129 Å². The first-order valence-electron chi connectivity index (χ1n) is 34.1. The summed E-state index contributed by atoms with van der Waals surface area (Å²) >= 11 is 0. The van der Waals surface area contributed by atoms with Gasteiger partial charge in [-0.1, -0.05) is 310 Å². The predicted molar refractivity (Wildman–Crippen MR) is 392 cm³/mol. The van der Waals surface area contributed by atoms with Crippen molar-refractivity contribution < 1.29 is 0 Å². The Hall–Kier alpha value is -9.54. The number of benzene rings is 8. The van der Waals surface area contributed by atoms with Crippen molar-refractivity contribution in [1.82, 2.24) is 49.8 Å². The highest BCUT2D eigenvalue weighted by Gasteiger charge is 2.26. The largest absolute Gasteiger partial charge is 0.252 e. The van der Waals surface area contributed by atoms with Crippen LogP contribution in [0.4, 0.5) is 0 Å². The number of rotatable bonds is 21. The van der Waals surface area contributed by atoms with Crippen LogP contribution in [-0.4, -0.2) is 49.8 Å². The third-order valence-corrected chi connectivity index (χ3v) is 18.2. The number of hydrogen-bond acceptors (Lipinski definition) is 10. The summed E-state index contributed by atoms with van der Waals surface area (Å²) in [7, 11) is 0. The number of fused-ring (bicyclic) bond motifs is 2. The van der Waals surface area contributed by atoms with Gasteiger partial charge < -0.3 is 0 Å². The zero-order chi connectivity index (χ0) is 66.2. The van der Waals surface area contributed by atoms with Gasteiger partial charge in [0.25, 0.3) is 0 Å². The fourth-order valence-electron chi connectivity index (χ4n) is 12.4.